The van der Waals surface area contributed by atoms with Gasteiger partial charge in [0, 0.05) is 32.7 Å². The van der Waals surface area contributed by atoms with Crippen LogP contribution in [0.2, 0.25) is 0 Å². The van der Waals surface area contributed by atoms with Crippen molar-refractivity contribution in [3.8, 4) is 0 Å². The average Bonchev–Trinajstić information content (AvgIpc) is 2.23. The molecule has 0 atom stereocenters. The highest BCUT2D eigenvalue weighted by atomic mass is 15.2. The van der Waals surface area contributed by atoms with Gasteiger partial charge in [-0.1, -0.05) is 0 Å². The Bertz CT molecular complexity index is 278. The monoisotopic (exact) mass is 193 g/mol. The molecule has 2 rings (SSSR count). The quantitative estimate of drug-likeness (QED) is 0.660. The lowest BCUT2D eigenvalue weighted by Crippen LogP contribution is -2.43. The van der Waals surface area contributed by atoms with E-state index in [2.05, 4.69) is 20.2 Å². The van der Waals surface area contributed by atoms with Crippen LogP contribution in [0.15, 0.2) is 12.4 Å². The number of nitrogens with one attached hydrogen (secondary N) is 1. The van der Waals surface area contributed by atoms with Crippen molar-refractivity contribution in [3.05, 3.63) is 18.1 Å². The molecule has 0 aliphatic carbocycles. The molecule has 5 heteroatoms. The summed E-state index contributed by atoms with van der Waals surface area (Å²) in [4.78, 5) is 10.6. The molecule has 1 aliphatic heterocycles. The summed E-state index contributed by atoms with van der Waals surface area (Å²) in [5, 5.41) is 3.31. The van der Waals surface area contributed by atoms with Crippen LogP contribution in [0.4, 0.5) is 5.82 Å². The van der Waals surface area contributed by atoms with Gasteiger partial charge in [0.05, 0.1) is 18.1 Å². The SMILES string of the molecule is Nc1cnc(CN2CCNCC2)cn1. The number of hydrogen-bond acceptors (Lipinski definition) is 5. The maximum absolute atomic E-state index is 5.46. The van der Waals surface area contributed by atoms with E-state index in [1.165, 1.54) is 0 Å². The number of anilines is 1. The average molecular weight is 193 g/mol. The normalized spacial score (nSPS) is 18.3. The Kier molecular flexibility index (Phi) is 2.90. The molecule has 0 bridgehead atoms. The smallest absolute Gasteiger partial charge is 0.141 e. The summed E-state index contributed by atoms with van der Waals surface area (Å²) in [7, 11) is 0. The van der Waals surface area contributed by atoms with Crippen molar-refractivity contribution >= 4 is 5.82 Å². The first kappa shape index (κ1) is 9.36. The van der Waals surface area contributed by atoms with E-state index in [1.54, 1.807) is 12.4 Å². The minimum absolute atomic E-state index is 0.481. The highest BCUT2D eigenvalue weighted by Crippen LogP contribution is 2.02. The molecule has 14 heavy (non-hydrogen) atoms. The number of nitrogens with zero attached hydrogens (tertiary/aromatic N) is 3. The third kappa shape index (κ3) is 2.40. The highest BCUT2D eigenvalue weighted by molar-refractivity contribution is 5.22. The van der Waals surface area contributed by atoms with Crippen molar-refractivity contribution in [1.29, 1.82) is 0 Å². The Labute approximate surface area is 83.3 Å². The molecule has 0 amide bonds. The molecule has 0 spiro atoms. The van der Waals surface area contributed by atoms with E-state index >= 15 is 0 Å². The molecule has 0 radical (unpaired) electrons. The molecular formula is C9H15N5. The van der Waals surface area contributed by atoms with Crippen LogP contribution in [0.3, 0.4) is 0 Å². The fraction of sp³-hybridized carbons (Fsp3) is 0.556. The minimum Gasteiger partial charge on any atom is -0.382 e. The molecule has 1 saturated heterocycles. The molecule has 3 N–H and O–H groups in total. The first-order chi connectivity index (χ1) is 6.84. The van der Waals surface area contributed by atoms with Gasteiger partial charge in [-0.15, -0.1) is 0 Å². The summed E-state index contributed by atoms with van der Waals surface area (Å²) in [5.41, 5.74) is 6.45. The summed E-state index contributed by atoms with van der Waals surface area (Å²) in [6, 6.07) is 0. The standard InChI is InChI=1S/C9H15N5/c10-9-6-12-8(5-13-9)7-14-3-1-11-2-4-14/h5-6,11H,1-4,7H2,(H2,10,13). The molecule has 0 saturated carbocycles. The Morgan fingerprint density at radius 1 is 1.29 bits per heavy atom. The maximum Gasteiger partial charge on any atom is 0.141 e. The van der Waals surface area contributed by atoms with E-state index in [0.29, 0.717) is 5.82 Å². The van der Waals surface area contributed by atoms with Gasteiger partial charge in [0.2, 0.25) is 0 Å². The van der Waals surface area contributed by atoms with Gasteiger partial charge in [0.15, 0.2) is 0 Å². The van der Waals surface area contributed by atoms with Crippen LogP contribution in [0.25, 0.3) is 0 Å². The van der Waals surface area contributed by atoms with Crippen LogP contribution in [0, 0.1) is 0 Å². The summed E-state index contributed by atoms with van der Waals surface area (Å²) in [6.45, 7) is 5.14. The number of piperazine rings is 1. The van der Waals surface area contributed by atoms with E-state index < -0.39 is 0 Å². The van der Waals surface area contributed by atoms with Gasteiger partial charge in [-0.3, -0.25) is 9.88 Å². The Morgan fingerprint density at radius 3 is 2.71 bits per heavy atom. The lowest BCUT2D eigenvalue weighted by molar-refractivity contribution is 0.230. The molecule has 5 nitrogen and oxygen atoms in total. The van der Waals surface area contributed by atoms with E-state index in [9.17, 15) is 0 Å². The lowest BCUT2D eigenvalue weighted by atomic mass is 10.3. The lowest BCUT2D eigenvalue weighted by Gasteiger charge is -2.26. The van der Waals surface area contributed by atoms with Gasteiger partial charge < -0.3 is 11.1 Å². The van der Waals surface area contributed by atoms with Crippen LogP contribution < -0.4 is 11.1 Å². The van der Waals surface area contributed by atoms with Gasteiger partial charge >= 0.3 is 0 Å². The molecule has 1 aromatic rings. The Morgan fingerprint density at radius 2 is 2.07 bits per heavy atom. The van der Waals surface area contributed by atoms with E-state index in [-0.39, 0.29) is 0 Å². The minimum atomic E-state index is 0.481. The fourth-order valence-corrected chi connectivity index (χ4v) is 1.54. The molecule has 1 fully saturated rings. The van der Waals surface area contributed by atoms with Crippen LogP contribution in [0.5, 0.6) is 0 Å². The molecule has 0 aromatic carbocycles. The van der Waals surface area contributed by atoms with Crippen molar-refractivity contribution < 1.29 is 0 Å². The van der Waals surface area contributed by atoms with E-state index in [0.717, 1.165) is 38.4 Å². The first-order valence-corrected chi connectivity index (χ1v) is 4.84. The molecule has 1 aromatic heterocycles. The van der Waals surface area contributed by atoms with Gasteiger partial charge in [-0.2, -0.15) is 0 Å². The first-order valence-electron chi connectivity index (χ1n) is 4.84. The molecule has 0 unspecified atom stereocenters. The number of hydrogen-bond donors (Lipinski definition) is 2. The van der Waals surface area contributed by atoms with Crippen molar-refractivity contribution in [1.82, 2.24) is 20.2 Å². The summed E-state index contributed by atoms with van der Waals surface area (Å²) < 4.78 is 0. The molecule has 2 heterocycles. The summed E-state index contributed by atoms with van der Waals surface area (Å²) in [5.74, 6) is 0.481. The van der Waals surface area contributed by atoms with Crippen molar-refractivity contribution in [2.45, 2.75) is 6.54 Å². The number of aromatic nitrogens is 2. The third-order valence-corrected chi connectivity index (χ3v) is 2.32. The largest absolute Gasteiger partial charge is 0.382 e. The van der Waals surface area contributed by atoms with Gasteiger partial charge in [-0.05, 0) is 0 Å². The fourth-order valence-electron chi connectivity index (χ4n) is 1.54. The van der Waals surface area contributed by atoms with E-state index in [4.69, 9.17) is 5.73 Å². The molecule has 1 aliphatic rings. The van der Waals surface area contributed by atoms with Crippen LogP contribution >= 0.6 is 0 Å². The maximum atomic E-state index is 5.46. The zero-order chi connectivity index (χ0) is 9.80. The zero-order valence-electron chi connectivity index (χ0n) is 8.11. The predicted octanol–water partition coefficient (Wildman–Crippen LogP) is -0.536. The van der Waals surface area contributed by atoms with E-state index in [1.807, 2.05) is 0 Å². The zero-order valence-corrected chi connectivity index (χ0v) is 8.11. The molecule has 76 valence electrons. The number of rotatable bonds is 2. The summed E-state index contributed by atoms with van der Waals surface area (Å²) in [6.07, 6.45) is 3.36. The van der Waals surface area contributed by atoms with Crippen molar-refractivity contribution in [2.24, 2.45) is 0 Å². The topological polar surface area (TPSA) is 67.1 Å². The van der Waals surface area contributed by atoms with Crippen LogP contribution in [0.1, 0.15) is 5.69 Å². The van der Waals surface area contributed by atoms with Crippen LogP contribution in [-0.4, -0.2) is 41.0 Å². The van der Waals surface area contributed by atoms with Crippen molar-refractivity contribution in [3.63, 3.8) is 0 Å². The third-order valence-electron chi connectivity index (χ3n) is 2.32. The number of nitrogens with two attached hydrogens (primary N) is 1. The second-order valence-electron chi connectivity index (χ2n) is 3.46. The highest BCUT2D eigenvalue weighted by Gasteiger charge is 2.10. The van der Waals surface area contributed by atoms with Gasteiger partial charge in [0.1, 0.15) is 5.82 Å². The Hall–Kier alpha value is -1.20. The Balaban J connectivity index is 1.92. The van der Waals surface area contributed by atoms with Gasteiger partial charge in [-0.25, -0.2) is 4.98 Å². The van der Waals surface area contributed by atoms with Crippen molar-refractivity contribution in [2.75, 3.05) is 31.9 Å². The van der Waals surface area contributed by atoms with Crippen LogP contribution in [-0.2, 0) is 6.54 Å². The second kappa shape index (κ2) is 4.34. The second-order valence-corrected chi connectivity index (χ2v) is 3.46. The molecular weight excluding hydrogens is 178 g/mol. The summed E-state index contributed by atoms with van der Waals surface area (Å²) >= 11 is 0. The van der Waals surface area contributed by atoms with Gasteiger partial charge in [0.25, 0.3) is 0 Å². The number of nitrogen functional groups attached to an aromatic ring is 1. The predicted molar refractivity (Wildman–Crippen MR) is 54.6 cm³/mol.